The third kappa shape index (κ3) is 2.95. The van der Waals surface area contributed by atoms with Gasteiger partial charge in [0.05, 0.1) is 52.4 Å². The molecule has 0 N–H and O–H groups in total. The molecule has 0 saturated carbocycles. The van der Waals surface area contributed by atoms with Crippen molar-refractivity contribution in [3.05, 3.63) is 66.2 Å². The molecule has 8 nitrogen and oxygen atoms in total. The number of aromatic nitrogens is 1. The Kier molecular flexibility index (Phi) is 4.55. The van der Waals surface area contributed by atoms with E-state index in [1.807, 2.05) is 55.5 Å². The second-order valence-corrected chi connectivity index (χ2v) is 10.3. The Bertz CT molecular complexity index is 1650. The molecule has 3 fully saturated rings. The summed E-state index contributed by atoms with van der Waals surface area (Å²) >= 11 is 0. The molecule has 3 aromatic carbocycles. The number of carbonyl (C=O) groups is 2. The van der Waals surface area contributed by atoms with Crippen molar-refractivity contribution < 1.29 is 23.6 Å². The van der Waals surface area contributed by atoms with Crippen LogP contribution in [0.3, 0.4) is 0 Å². The van der Waals surface area contributed by atoms with Gasteiger partial charge in [0, 0.05) is 17.2 Å². The zero-order valence-electron chi connectivity index (χ0n) is 20.1. The molecule has 4 aromatic rings. The Morgan fingerprint density at radius 1 is 1.00 bits per heavy atom. The summed E-state index contributed by atoms with van der Waals surface area (Å²) < 4.78 is 17.8. The van der Waals surface area contributed by atoms with Crippen molar-refractivity contribution in [2.24, 2.45) is 11.8 Å². The normalized spacial score (nSPS) is 28.3. The van der Waals surface area contributed by atoms with Gasteiger partial charge < -0.3 is 14.0 Å². The molecule has 37 heavy (non-hydrogen) atoms. The SMILES string of the molecule is CC12CCC(CCOc3noc4ccccc34)(O1)[C@@H]1C(=O)N(c3ccc(C#N)c4ccccc34)C(=O)[C@@H]12. The summed E-state index contributed by atoms with van der Waals surface area (Å²) in [7, 11) is 0. The molecule has 7 rings (SSSR count). The second kappa shape index (κ2) is 7.64. The van der Waals surface area contributed by atoms with Gasteiger partial charge in [-0.15, -0.1) is 0 Å². The number of amides is 2. The van der Waals surface area contributed by atoms with Gasteiger partial charge in [-0.1, -0.05) is 36.4 Å². The minimum absolute atomic E-state index is 0.239. The summed E-state index contributed by atoms with van der Waals surface area (Å²) in [6, 6.07) is 20.4. The van der Waals surface area contributed by atoms with Gasteiger partial charge in [0.1, 0.15) is 0 Å². The fourth-order valence-corrected chi connectivity index (χ4v) is 6.71. The lowest BCUT2D eigenvalue weighted by molar-refractivity contribution is -0.131. The van der Waals surface area contributed by atoms with Gasteiger partial charge >= 0.3 is 0 Å². The number of fused-ring (bicyclic) bond motifs is 7. The summed E-state index contributed by atoms with van der Waals surface area (Å²) in [5, 5.41) is 15.8. The summed E-state index contributed by atoms with van der Waals surface area (Å²) in [4.78, 5) is 29.2. The molecular formula is C29H23N3O5. The van der Waals surface area contributed by atoms with Crippen molar-refractivity contribution in [3.8, 4) is 11.9 Å². The van der Waals surface area contributed by atoms with Gasteiger partial charge in [0.15, 0.2) is 5.58 Å². The number of hydrogen-bond donors (Lipinski definition) is 0. The van der Waals surface area contributed by atoms with Crippen LogP contribution in [-0.2, 0) is 14.3 Å². The van der Waals surface area contributed by atoms with Crippen LogP contribution in [0, 0.1) is 23.2 Å². The van der Waals surface area contributed by atoms with E-state index in [-0.39, 0.29) is 18.4 Å². The smallest absolute Gasteiger partial charge is 0.262 e. The minimum atomic E-state index is -0.789. The lowest BCUT2D eigenvalue weighted by Gasteiger charge is -2.31. The second-order valence-electron chi connectivity index (χ2n) is 10.3. The molecule has 0 radical (unpaired) electrons. The molecule has 0 spiro atoms. The summed E-state index contributed by atoms with van der Waals surface area (Å²) in [5.74, 6) is -1.24. The average Bonchev–Trinajstić information content (AvgIpc) is 3.62. The van der Waals surface area contributed by atoms with Crippen LogP contribution in [0.1, 0.15) is 31.7 Å². The zero-order chi connectivity index (χ0) is 25.4. The third-order valence-electron chi connectivity index (χ3n) is 8.38. The molecule has 184 valence electrons. The molecule has 2 unspecified atom stereocenters. The number of nitrogens with zero attached hydrogens (tertiary/aromatic N) is 3. The van der Waals surface area contributed by atoms with Crippen LogP contribution in [-0.4, -0.2) is 34.8 Å². The highest BCUT2D eigenvalue weighted by atomic mass is 16.6. The predicted octanol–water partition coefficient (Wildman–Crippen LogP) is 4.75. The average molecular weight is 494 g/mol. The number of imide groups is 1. The zero-order valence-corrected chi connectivity index (χ0v) is 20.1. The van der Waals surface area contributed by atoms with Crippen molar-refractivity contribution in [3.63, 3.8) is 0 Å². The van der Waals surface area contributed by atoms with Gasteiger partial charge in [-0.05, 0) is 49.2 Å². The highest BCUT2D eigenvalue weighted by Gasteiger charge is 2.73. The maximum atomic E-state index is 14.0. The van der Waals surface area contributed by atoms with E-state index in [4.69, 9.17) is 14.0 Å². The van der Waals surface area contributed by atoms with E-state index in [0.29, 0.717) is 52.7 Å². The number of ether oxygens (including phenoxy) is 2. The number of para-hydroxylation sites is 1. The number of nitriles is 1. The monoisotopic (exact) mass is 493 g/mol. The first-order valence-electron chi connectivity index (χ1n) is 12.4. The molecule has 3 aliphatic heterocycles. The Balaban J connectivity index is 1.21. The maximum absolute atomic E-state index is 14.0. The summed E-state index contributed by atoms with van der Waals surface area (Å²) in [5.41, 5.74) is 0.159. The van der Waals surface area contributed by atoms with Gasteiger partial charge in [0.25, 0.3) is 5.88 Å². The standard InChI is InChI=1S/C29H23N3O5/c1-28-12-13-29(37-28,14-15-35-25-20-8-4-5-9-22(20)36-31-25)24-23(28)26(33)32(27(24)34)21-11-10-17(16-30)18-6-2-3-7-19(18)21/h2-11,23-24H,12-15H2,1H3/t23-,24+,28?,29?/m1/s1. The number of carbonyl (C=O) groups excluding carboxylic acids is 2. The van der Waals surface area contributed by atoms with Crippen LogP contribution in [0.4, 0.5) is 5.69 Å². The molecule has 4 atom stereocenters. The highest BCUT2D eigenvalue weighted by Crippen LogP contribution is 2.62. The van der Waals surface area contributed by atoms with E-state index in [1.54, 1.807) is 12.1 Å². The Morgan fingerprint density at radius 3 is 2.54 bits per heavy atom. The van der Waals surface area contributed by atoms with Crippen molar-refractivity contribution in [1.82, 2.24) is 5.16 Å². The topological polar surface area (TPSA) is 106 Å². The number of hydrogen-bond acceptors (Lipinski definition) is 7. The fourth-order valence-electron chi connectivity index (χ4n) is 6.71. The minimum Gasteiger partial charge on any atom is -0.475 e. The molecule has 8 heteroatoms. The largest absolute Gasteiger partial charge is 0.475 e. The number of rotatable bonds is 5. The van der Waals surface area contributed by atoms with Gasteiger partial charge in [0.2, 0.25) is 11.8 Å². The van der Waals surface area contributed by atoms with Crippen LogP contribution in [0.25, 0.3) is 21.7 Å². The number of anilines is 1. The van der Waals surface area contributed by atoms with Crippen molar-refractivity contribution in [2.45, 2.75) is 37.4 Å². The molecule has 1 aromatic heterocycles. The predicted molar refractivity (Wildman–Crippen MR) is 134 cm³/mol. The first-order valence-corrected chi connectivity index (χ1v) is 12.4. The van der Waals surface area contributed by atoms with Crippen molar-refractivity contribution in [1.29, 1.82) is 5.26 Å². The fraction of sp³-hybridized carbons (Fsp3) is 0.310. The Labute approximate surface area is 212 Å². The molecule has 2 bridgehead atoms. The van der Waals surface area contributed by atoms with E-state index >= 15 is 0 Å². The van der Waals surface area contributed by atoms with Gasteiger partial charge in [-0.3, -0.25) is 9.59 Å². The van der Waals surface area contributed by atoms with Crippen LogP contribution in [0.15, 0.2) is 65.2 Å². The lowest BCUT2D eigenvalue weighted by atomic mass is 9.67. The van der Waals surface area contributed by atoms with Crippen LogP contribution in [0.2, 0.25) is 0 Å². The summed E-state index contributed by atoms with van der Waals surface area (Å²) in [6.07, 6.45) is 1.82. The lowest BCUT2D eigenvalue weighted by Crippen LogP contribution is -2.43. The van der Waals surface area contributed by atoms with E-state index in [2.05, 4.69) is 11.2 Å². The Hall–Kier alpha value is -4.22. The molecule has 4 heterocycles. The van der Waals surface area contributed by atoms with Crippen LogP contribution < -0.4 is 9.64 Å². The van der Waals surface area contributed by atoms with E-state index in [1.165, 1.54) is 4.90 Å². The van der Waals surface area contributed by atoms with Gasteiger partial charge in [-0.25, -0.2) is 4.90 Å². The molecular weight excluding hydrogens is 470 g/mol. The van der Waals surface area contributed by atoms with Crippen LogP contribution in [0.5, 0.6) is 5.88 Å². The molecule has 0 aliphatic carbocycles. The van der Waals surface area contributed by atoms with E-state index in [0.717, 1.165) is 5.39 Å². The first kappa shape index (κ1) is 22.0. The molecule has 3 aliphatic rings. The quantitative estimate of drug-likeness (QED) is 0.370. The number of benzene rings is 3. The van der Waals surface area contributed by atoms with E-state index < -0.39 is 23.0 Å². The molecule has 2 amide bonds. The Morgan fingerprint density at radius 2 is 1.73 bits per heavy atom. The van der Waals surface area contributed by atoms with Crippen LogP contribution >= 0.6 is 0 Å². The van der Waals surface area contributed by atoms with Crippen molar-refractivity contribution in [2.75, 3.05) is 11.5 Å². The van der Waals surface area contributed by atoms with Gasteiger partial charge in [-0.2, -0.15) is 5.26 Å². The maximum Gasteiger partial charge on any atom is 0.262 e. The highest BCUT2D eigenvalue weighted by molar-refractivity contribution is 6.26. The van der Waals surface area contributed by atoms with E-state index in [9.17, 15) is 14.9 Å². The van der Waals surface area contributed by atoms with Crippen molar-refractivity contribution >= 4 is 39.2 Å². The molecule has 3 saturated heterocycles. The third-order valence-corrected chi connectivity index (χ3v) is 8.38. The summed E-state index contributed by atoms with van der Waals surface area (Å²) in [6.45, 7) is 2.22. The first-order chi connectivity index (χ1) is 18.0.